The summed E-state index contributed by atoms with van der Waals surface area (Å²) in [6, 6.07) is 17.8. The Bertz CT molecular complexity index is 1180. The molecule has 0 unspecified atom stereocenters. The summed E-state index contributed by atoms with van der Waals surface area (Å²) in [6.45, 7) is 0.768. The van der Waals surface area contributed by atoms with Crippen LogP contribution in [0, 0.1) is 0 Å². The third-order valence-electron chi connectivity index (χ3n) is 5.30. The molecule has 170 valence electrons. The van der Waals surface area contributed by atoms with Gasteiger partial charge in [-0.05, 0) is 37.3 Å². The molecule has 33 heavy (non-hydrogen) atoms. The number of hydrogen-bond acceptors (Lipinski definition) is 7. The van der Waals surface area contributed by atoms with Crippen LogP contribution < -0.4 is 5.69 Å². The Morgan fingerprint density at radius 1 is 1.03 bits per heavy atom. The van der Waals surface area contributed by atoms with E-state index in [0.717, 1.165) is 4.57 Å². The van der Waals surface area contributed by atoms with Gasteiger partial charge < -0.3 is 14.2 Å². The summed E-state index contributed by atoms with van der Waals surface area (Å²) in [5, 5.41) is 0. The van der Waals surface area contributed by atoms with E-state index < -0.39 is 48.3 Å². The highest BCUT2D eigenvalue weighted by molar-refractivity contribution is 5.90. The van der Waals surface area contributed by atoms with Crippen molar-refractivity contribution < 1.29 is 28.2 Å². The lowest BCUT2D eigenvalue weighted by Crippen LogP contribution is -2.45. The molecule has 0 spiro atoms. The Labute approximate surface area is 188 Å². The SMILES string of the molecule is C[C@@]1(F)[C@H](OC(=O)c2ccccc2)[C@@H](COC(=O)c2ccccc2)O[C@H]1n1cccnc1=O. The van der Waals surface area contributed by atoms with Gasteiger partial charge in [-0.3, -0.25) is 4.57 Å². The molecule has 4 atom stereocenters. The highest BCUT2D eigenvalue weighted by atomic mass is 19.1. The minimum absolute atomic E-state index is 0.218. The van der Waals surface area contributed by atoms with Gasteiger partial charge in [-0.25, -0.2) is 23.8 Å². The highest BCUT2D eigenvalue weighted by Gasteiger charge is 2.58. The molecule has 1 aromatic heterocycles. The molecular formula is C24H21FN2O6. The largest absolute Gasteiger partial charge is 0.459 e. The van der Waals surface area contributed by atoms with E-state index in [4.69, 9.17) is 14.2 Å². The molecule has 1 aliphatic heterocycles. The summed E-state index contributed by atoms with van der Waals surface area (Å²) in [5.74, 6) is -1.42. The van der Waals surface area contributed by atoms with Crippen LogP contribution in [0.2, 0.25) is 0 Å². The summed E-state index contributed by atoms with van der Waals surface area (Å²) < 4.78 is 33.6. The molecule has 0 aliphatic carbocycles. The van der Waals surface area contributed by atoms with Gasteiger partial charge in [-0.1, -0.05) is 36.4 Å². The number of alkyl halides is 1. The lowest BCUT2D eigenvalue weighted by molar-refractivity contribution is -0.0648. The molecule has 0 N–H and O–H groups in total. The standard InChI is InChI=1S/C24H21FN2O6/c1-24(25)19(33-21(29)17-11-6-3-7-12-17)18(15-31-20(28)16-9-4-2-5-10-16)32-22(24)27-14-8-13-26-23(27)30/h2-14,18-19,22H,15H2,1H3/t18-,19-,22-,24-/m1/s1. The molecule has 3 aromatic rings. The minimum Gasteiger partial charge on any atom is -0.459 e. The lowest BCUT2D eigenvalue weighted by atomic mass is 9.98. The quantitative estimate of drug-likeness (QED) is 0.531. The molecule has 0 saturated carbocycles. The van der Waals surface area contributed by atoms with E-state index >= 15 is 4.39 Å². The van der Waals surface area contributed by atoms with E-state index in [2.05, 4.69) is 4.98 Å². The third-order valence-corrected chi connectivity index (χ3v) is 5.30. The average Bonchev–Trinajstić information content (AvgIpc) is 3.08. The van der Waals surface area contributed by atoms with Gasteiger partial charge in [0.05, 0.1) is 11.1 Å². The molecule has 8 nitrogen and oxygen atoms in total. The summed E-state index contributed by atoms with van der Waals surface area (Å²) >= 11 is 0. The number of ether oxygens (including phenoxy) is 3. The number of esters is 2. The monoisotopic (exact) mass is 452 g/mol. The number of carbonyl (C=O) groups excluding carboxylic acids is 2. The molecule has 0 radical (unpaired) electrons. The van der Waals surface area contributed by atoms with Gasteiger partial charge in [0.1, 0.15) is 12.7 Å². The van der Waals surface area contributed by atoms with Crippen LogP contribution in [0.25, 0.3) is 0 Å². The second-order valence-electron chi connectivity index (χ2n) is 7.64. The van der Waals surface area contributed by atoms with Gasteiger partial charge in [0, 0.05) is 12.4 Å². The summed E-state index contributed by atoms with van der Waals surface area (Å²) in [4.78, 5) is 40.9. The molecule has 9 heteroatoms. The van der Waals surface area contributed by atoms with Crippen LogP contribution in [0.5, 0.6) is 0 Å². The number of benzene rings is 2. The van der Waals surface area contributed by atoms with Crippen LogP contribution in [0.1, 0.15) is 33.9 Å². The Morgan fingerprint density at radius 2 is 1.64 bits per heavy atom. The molecule has 0 bridgehead atoms. The zero-order chi connectivity index (χ0) is 23.4. The van der Waals surface area contributed by atoms with Crippen molar-refractivity contribution in [3.05, 3.63) is 101 Å². The van der Waals surface area contributed by atoms with Gasteiger partial charge in [0.25, 0.3) is 0 Å². The zero-order valence-electron chi connectivity index (χ0n) is 17.7. The maximum atomic E-state index is 16.0. The lowest BCUT2D eigenvalue weighted by Gasteiger charge is -2.27. The van der Waals surface area contributed by atoms with E-state index in [1.54, 1.807) is 48.5 Å². The van der Waals surface area contributed by atoms with E-state index in [-0.39, 0.29) is 5.56 Å². The topological polar surface area (TPSA) is 96.7 Å². The van der Waals surface area contributed by atoms with E-state index in [1.165, 1.54) is 37.5 Å². The first-order valence-corrected chi connectivity index (χ1v) is 10.2. The molecule has 4 rings (SSSR count). The predicted octanol–water partition coefficient (Wildman–Crippen LogP) is 2.95. The van der Waals surface area contributed by atoms with Crippen molar-refractivity contribution in [3.8, 4) is 0 Å². The fourth-order valence-corrected chi connectivity index (χ4v) is 3.65. The number of carbonyl (C=O) groups is 2. The number of nitrogens with zero attached hydrogens (tertiary/aromatic N) is 2. The minimum atomic E-state index is -2.33. The number of rotatable bonds is 6. The Balaban J connectivity index is 1.60. The van der Waals surface area contributed by atoms with Gasteiger partial charge >= 0.3 is 17.6 Å². The first-order valence-electron chi connectivity index (χ1n) is 10.2. The summed E-state index contributed by atoms with van der Waals surface area (Å²) in [6.07, 6.45) is -1.49. The predicted molar refractivity (Wildman–Crippen MR) is 114 cm³/mol. The maximum Gasteiger partial charge on any atom is 0.349 e. The fourth-order valence-electron chi connectivity index (χ4n) is 3.65. The first kappa shape index (κ1) is 22.3. The van der Waals surface area contributed by atoms with Crippen molar-refractivity contribution in [3.63, 3.8) is 0 Å². The van der Waals surface area contributed by atoms with Crippen molar-refractivity contribution in [1.82, 2.24) is 9.55 Å². The average molecular weight is 452 g/mol. The Kier molecular flexibility index (Phi) is 6.32. The van der Waals surface area contributed by atoms with Gasteiger partial charge in [0.15, 0.2) is 18.0 Å². The molecule has 2 heterocycles. The van der Waals surface area contributed by atoms with Crippen molar-refractivity contribution in [2.45, 2.75) is 31.0 Å². The van der Waals surface area contributed by atoms with Gasteiger partial charge in [-0.15, -0.1) is 0 Å². The summed E-state index contributed by atoms with van der Waals surface area (Å²) in [7, 11) is 0. The van der Waals surface area contributed by atoms with Crippen LogP contribution in [-0.2, 0) is 14.2 Å². The van der Waals surface area contributed by atoms with Crippen LogP contribution in [-0.4, -0.2) is 46.0 Å². The summed E-state index contributed by atoms with van der Waals surface area (Å²) in [5.41, 5.74) is -2.55. The smallest absolute Gasteiger partial charge is 0.349 e. The molecule has 1 saturated heterocycles. The Hall–Kier alpha value is -3.85. The molecular weight excluding hydrogens is 431 g/mol. The molecule has 0 amide bonds. The highest BCUT2D eigenvalue weighted by Crippen LogP contribution is 2.42. The van der Waals surface area contributed by atoms with E-state index in [1.807, 2.05) is 0 Å². The number of halogens is 1. The fraction of sp³-hybridized carbons (Fsp3) is 0.250. The van der Waals surface area contributed by atoms with Crippen molar-refractivity contribution >= 4 is 11.9 Å². The Morgan fingerprint density at radius 3 is 2.24 bits per heavy atom. The maximum absolute atomic E-state index is 16.0. The molecule has 1 fully saturated rings. The normalized spacial score (nSPS) is 24.2. The van der Waals surface area contributed by atoms with Crippen LogP contribution in [0.3, 0.4) is 0 Å². The zero-order valence-corrected chi connectivity index (χ0v) is 17.7. The van der Waals surface area contributed by atoms with Crippen LogP contribution in [0.4, 0.5) is 4.39 Å². The van der Waals surface area contributed by atoms with E-state index in [0.29, 0.717) is 5.56 Å². The van der Waals surface area contributed by atoms with Crippen LogP contribution >= 0.6 is 0 Å². The third kappa shape index (κ3) is 4.68. The van der Waals surface area contributed by atoms with E-state index in [9.17, 15) is 14.4 Å². The van der Waals surface area contributed by atoms with Crippen molar-refractivity contribution in [1.29, 1.82) is 0 Å². The van der Waals surface area contributed by atoms with Crippen LogP contribution in [0.15, 0.2) is 83.9 Å². The van der Waals surface area contributed by atoms with Gasteiger partial charge in [-0.2, -0.15) is 0 Å². The number of aromatic nitrogens is 2. The second kappa shape index (κ2) is 9.33. The van der Waals surface area contributed by atoms with Gasteiger partial charge in [0.2, 0.25) is 0 Å². The van der Waals surface area contributed by atoms with Crippen molar-refractivity contribution in [2.75, 3.05) is 6.61 Å². The molecule has 2 aromatic carbocycles. The number of hydrogen-bond donors (Lipinski definition) is 0. The second-order valence-corrected chi connectivity index (χ2v) is 7.64. The van der Waals surface area contributed by atoms with Crippen molar-refractivity contribution in [2.24, 2.45) is 0 Å². The first-order chi connectivity index (χ1) is 15.9. The molecule has 1 aliphatic rings.